The zero-order valence-electron chi connectivity index (χ0n) is 7.28. The third kappa shape index (κ3) is 22.1. The van der Waals surface area contributed by atoms with E-state index in [1.165, 1.54) is 0 Å². The van der Waals surface area contributed by atoms with Crippen molar-refractivity contribution in [2.75, 3.05) is 0 Å². The van der Waals surface area contributed by atoms with Crippen molar-refractivity contribution in [1.82, 2.24) is 0 Å². The number of rotatable bonds is 4. The van der Waals surface area contributed by atoms with E-state index in [2.05, 4.69) is 5.43 Å². The van der Waals surface area contributed by atoms with Crippen molar-refractivity contribution in [3.05, 3.63) is 0 Å². The molecule has 13 heteroatoms. The predicted octanol–water partition coefficient (Wildman–Crippen LogP) is -14.9. The summed E-state index contributed by atoms with van der Waals surface area (Å²) in [6.07, 6.45) is 0. The van der Waals surface area contributed by atoms with Crippen LogP contribution < -0.4 is 101 Å². The number of hydrogen-bond acceptors (Lipinski definition) is 7. The van der Waals surface area contributed by atoms with Gasteiger partial charge in [0.2, 0.25) is 0 Å². The third-order valence-electron chi connectivity index (χ3n) is 0.273. The molecule has 0 spiro atoms. The molecule has 2 N–H and O–H groups in total. The molecule has 0 aliphatic rings. The van der Waals surface area contributed by atoms with Crippen molar-refractivity contribution in [2.24, 2.45) is 0 Å². The van der Waals surface area contributed by atoms with E-state index in [0.29, 0.717) is 0 Å². The Kier molecular flexibility index (Phi) is 32.9. The van der Waals surface area contributed by atoms with E-state index >= 15 is 0 Å². The second-order valence-electron chi connectivity index (χ2n) is 0.863. The van der Waals surface area contributed by atoms with Crippen LogP contribution in [0.25, 0.3) is 0 Å². The zero-order valence-corrected chi connectivity index (χ0v) is 18.9. The molecular formula is H2As3Na3O7. The van der Waals surface area contributed by atoms with Gasteiger partial charge >= 0.3 is 162 Å². The van der Waals surface area contributed by atoms with Crippen LogP contribution in [0.3, 0.4) is 0 Å². The van der Waals surface area contributed by atoms with E-state index in [1.54, 1.807) is 0 Å². The van der Waals surface area contributed by atoms with Crippen LogP contribution in [-0.4, -0.2) is 55.2 Å². The molecule has 2 unspecified atom stereocenters. The van der Waals surface area contributed by atoms with Crippen molar-refractivity contribution < 1.29 is 115 Å². The Hall–Kier alpha value is 4.40. The van der Waals surface area contributed by atoms with Gasteiger partial charge in [-0.05, 0) is 0 Å². The Bertz CT molecular complexity index is 81.1. The molecule has 0 fully saturated rings. The van der Waals surface area contributed by atoms with Gasteiger partial charge in [0.15, 0.2) is 0 Å². The molecular weight excluding hydrogens is 406 g/mol. The van der Waals surface area contributed by atoms with Crippen LogP contribution in [-0.2, 0) is 5.43 Å². The second kappa shape index (κ2) is 16.4. The first-order chi connectivity index (χ1) is 4.52. The quantitative estimate of drug-likeness (QED) is 0.443. The molecule has 0 radical (unpaired) electrons. The first-order valence-electron chi connectivity index (χ1n) is 1.68. The van der Waals surface area contributed by atoms with E-state index in [1.807, 2.05) is 0 Å². The molecule has 2 atom stereocenters. The van der Waals surface area contributed by atoms with Gasteiger partial charge in [-0.15, -0.1) is 0 Å². The number of hydrogen-bond donors (Lipinski definition) is 2. The summed E-state index contributed by atoms with van der Waals surface area (Å²) in [6.45, 7) is 0. The molecule has 0 aromatic carbocycles. The molecule has 0 aliphatic heterocycles. The fourth-order valence-corrected chi connectivity index (χ4v) is 5.17. The molecule has 62 valence electrons. The Morgan fingerprint density at radius 3 is 1.15 bits per heavy atom. The van der Waals surface area contributed by atoms with Gasteiger partial charge in [-0.3, -0.25) is 0 Å². The fourth-order valence-electron chi connectivity index (χ4n) is 0.129. The van der Waals surface area contributed by atoms with Crippen LogP contribution in [0.2, 0.25) is 0 Å². The topological polar surface area (TPSA) is 128 Å². The Morgan fingerprint density at radius 2 is 1.00 bits per heavy atom. The molecule has 13 heavy (non-hydrogen) atoms. The summed E-state index contributed by atoms with van der Waals surface area (Å²) in [7, 11) is 0. The van der Waals surface area contributed by atoms with Gasteiger partial charge in [0.1, 0.15) is 0 Å². The molecule has 0 amide bonds. The Balaban J connectivity index is -0.000000135. The average Bonchev–Trinajstić information content (AvgIpc) is 1.58. The van der Waals surface area contributed by atoms with Crippen LogP contribution in [0, 0.1) is 0 Å². The summed E-state index contributed by atoms with van der Waals surface area (Å²) in [6, 6.07) is 0. The van der Waals surface area contributed by atoms with Gasteiger partial charge < -0.3 is 0 Å². The van der Waals surface area contributed by atoms with Crippen molar-refractivity contribution in [2.45, 2.75) is 0 Å². The van der Waals surface area contributed by atoms with Gasteiger partial charge in [0.25, 0.3) is 0 Å². The van der Waals surface area contributed by atoms with E-state index in [0.717, 1.165) is 0 Å². The maximum atomic E-state index is 10.2. The normalized spacial score (nSPS) is 15.5. The summed E-state index contributed by atoms with van der Waals surface area (Å²) >= 11 is -11.0. The maximum absolute atomic E-state index is 10.2. The molecule has 0 aliphatic carbocycles. The van der Waals surface area contributed by atoms with Gasteiger partial charge in [-0.25, -0.2) is 0 Å². The second-order valence-corrected chi connectivity index (χ2v) is 8.04. The van der Waals surface area contributed by atoms with E-state index in [4.69, 9.17) is 8.19 Å². The van der Waals surface area contributed by atoms with Crippen molar-refractivity contribution in [3.63, 3.8) is 0 Å². The first kappa shape index (κ1) is 26.1. The molecule has 0 saturated heterocycles. The molecule has 0 aromatic rings. The average molecular weight is 408 g/mol. The van der Waals surface area contributed by atoms with Gasteiger partial charge in [-0.2, -0.15) is 0 Å². The van der Waals surface area contributed by atoms with Crippen LogP contribution in [0.1, 0.15) is 0 Å². The van der Waals surface area contributed by atoms with Crippen LogP contribution >= 0.6 is 0 Å². The summed E-state index contributed by atoms with van der Waals surface area (Å²) in [5.41, 5.74) is 0. The van der Waals surface area contributed by atoms with Crippen LogP contribution in [0.15, 0.2) is 0 Å². The summed E-state index contributed by atoms with van der Waals surface area (Å²) < 4.78 is 53.3. The molecule has 7 nitrogen and oxygen atoms in total. The van der Waals surface area contributed by atoms with Gasteiger partial charge in [-0.1, -0.05) is 0 Å². The standard InChI is InChI=1S/As3H2O7.3Na/c4-1(5)9-3(8)10-2(6)7;;;/h4,6H;;;/q-3;3*+1. The van der Waals surface area contributed by atoms with E-state index < -0.39 is 47.0 Å². The monoisotopic (exact) mass is 408 g/mol. The van der Waals surface area contributed by atoms with Crippen LogP contribution in [0.4, 0.5) is 0 Å². The Labute approximate surface area is 158 Å². The molecule has 0 saturated carbocycles. The molecule has 0 aromatic heterocycles. The van der Waals surface area contributed by atoms with Crippen molar-refractivity contribution in [1.29, 1.82) is 0 Å². The fraction of sp³-hybridized carbons (Fsp3) is 0. The van der Waals surface area contributed by atoms with E-state index in [-0.39, 0.29) is 88.7 Å². The minimum atomic E-state index is -3.69. The first-order valence-corrected chi connectivity index (χ1v) is 8.72. The molecule has 0 rings (SSSR count). The SMILES string of the molecule is [Na+].[Na+].[Na+].[O-][As](O)O[As]([O-])O[As]([O-])O. The van der Waals surface area contributed by atoms with Gasteiger partial charge in [0, 0.05) is 0 Å². The minimum absolute atomic E-state index is 0. The predicted molar refractivity (Wildman–Crippen MR) is 23.9 cm³/mol. The third-order valence-corrected chi connectivity index (χ3v) is 7.37. The van der Waals surface area contributed by atoms with E-state index in [9.17, 15) is 12.3 Å². The summed E-state index contributed by atoms with van der Waals surface area (Å²) in [5.74, 6) is 0. The van der Waals surface area contributed by atoms with Crippen molar-refractivity contribution in [3.8, 4) is 0 Å². The zero-order chi connectivity index (χ0) is 8.15. The Morgan fingerprint density at radius 1 is 0.769 bits per heavy atom. The van der Waals surface area contributed by atoms with Crippen molar-refractivity contribution >= 4 is 47.0 Å². The van der Waals surface area contributed by atoms with Crippen LogP contribution in [0.5, 0.6) is 0 Å². The molecule has 0 heterocycles. The molecule has 0 bridgehead atoms. The summed E-state index contributed by atoms with van der Waals surface area (Å²) in [5, 5.41) is 0. The summed E-state index contributed by atoms with van der Waals surface area (Å²) in [4.78, 5) is 0. The van der Waals surface area contributed by atoms with Gasteiger partial charge in [0.05, 0.1) is 0 Å².